The van der Waals surface area contributed by atoms with Gasteiger partial charge in [-0.05, 0) is 47.1 Å². The van der Waals surface area contributed by atoms with Crippen LogP contribution in [0.5, 0.6) is 0 Å². The van der Waals surface area contributed by atoms with Gasteiger partial charge in [0.25, 0.3) is 0 Å². The first-order valence-corrected chi connectivity index (χ1v) is 9.92. The third kappa shape index (κ3) is 3.45. The first-order chi connectivity index (χ1) is 12.8. The van der Waals surface area contributed by atoms with Crippen LogP contribution in [0, 0.1) is 5.82 Å². The van der Waals surface area contributed by atoms with Crippen LogP contribution in [0.3, 0.4) is 0 Å². The molecule has 4 rings (SSSR count). The Morgan fingerprint density at radius 3 is 1.58 bits per heavy atom. The molecule has 26 heavy (non-hydrogen) atoms. The second kappa shape index (κ2) is 7.64. The van der Waals surface area contributed by atoms with Crippen LogP contribution < -0.4 is 15.9 Å². The van der Waals surface area contributed by atoms with Crippen LogP contribution in [-0.2, 0) is 0 Å². The summed E-state index contributed by atoms with van der Waals surface area (Å²) in [6.07, 6.45) is 0. The van der Waals surface area contributed by atoms with E-state index in [0.717, 1.165) is 11.1 Å². The highest BCUT2D eigenvalue weighted by Gasteiger charge is 2.19. The van der Waals surface area contributed by atoms with Crippen LogP contribution in [0.15, 0.2) is 109 Å². The molecule has 0 unspecified atom stereocenters. The van der Waals surface area contributed by atoms with E-state index in [1.807, 2.05) is 30.3 Å². The predicted molar refractivity (Wildman–Crippen MR) is 111 cm³/mol. The lowest BCUT2D eigenvalue weighted by Crippen LogP contribution is -2.21. The molecule has 0 amide bonds. The Kier molecular flexibility index (Phi) is 4.91. The Balaban J connectivity index is 1.91. The van der Waals surface area contributed by atoms with Crippen LogP contribution >= 0.6 is 7.92 Å². The molecule has 0 aliphatic carbocycles. The van der Waals surface area contributed by atoms with E-state index in [1.54, 1.807) is 0 Å². The molecule has 4 aromatic rings. The van der Waals surface area contributed by atoms with Gasteiger partial charge in [-0.2, -0.15) is 0 Å². The maximum atomic E-state index is 13.4. The van der Waals surface area contributed by atoms with E-state index in [2.05, 4.69) is 66.7 Å². The van der Waals surface area contributed by atoms with E-state index in [4.69, 9.17) is 0 Å². The molecular formula is C24H18FP. The minimum atomic E-state index is -0.692. The van der Waals surface area contributed by atoms with Crippen molar-refractivity contribution in [2.75, 3.05) is 0 Å². The molecule has 0 saturated carbocycles. The molecule has 0 aromatic heterocycles. The molecular weight excluding hydrogens is 338 g/mol. The number of benzene rings is 4. The fourth-order valence-electron chi connectivity index (χ4n) is 3.12. The molecule has 0 fully saturated rings. The standard InChI is InChI=1S/C24H18FP/c25-20-17-15-19(16-18-20)23-13-7-8-14-24(23)26(21-9-3-1-4-10-21)22-11-5-2-6-12-22/h1-18H. The molecule has 0 aliphatic heterocycles. The average Bonchev–Trinajstić information content (AvgIpc) is 2.71. The summed E-state index contributed by atoms with van der Waals surface area (Å²) in [5.41, 5.74) is 2.20. The summed E-state index contributed by atoms with van der Waals surface area (Å²) in [6.45, 7) is 0. The lowest BCUT2D eigenvalue weighted by Gasteiger charge is -2.22. The van der Waals surface area contributed by atoms with E-state index in [1.165, 1.54) is 28.0 Å². The van der Waals surface area contributed by atoms with Crippen molar-refractivity contribution in [1.82, 2.24) is 0 Å². The van der Waals surface area contributed by atoms with Gasteiger partial charge in [-0.3, -0.25) is 0 Å². The van der Waals surface area contributed by atoms with Gasteiger partial charge >= 0.3 is 0 Å². The first kappa shape index (κ1) is 16.7. The highest BCUT2D eigenvalue weighted by molar-refractivity contribution is 7.80. The minimum Gasteiger partial charge on any atom is -0.207 e. The minimum absolute atomic E-state index is 0.209. The SMILES string of the molecule is Fc1ccc(-c2ccccc2P(c2ccccc2)c2ccccc2)cc1. The molecule has 0 aliphatic rings. The van der Waals surface area contributed by atoms with E-state index in [-0.39, 0.29) is 5.82 Å². The van der Waals surface area contributed by atoms with Crippen molar-refractivity contribution >= 4 is 23.8 Å². The van der Waals surface area contributed by atoms with Crippen molar-refractivity contribution in [3.63, 3.8) is 0 Å². The molecule has 0 N–H and O–H groups in total. The maximum absolute atomic E-state index is 13.4. The van der Waals surface area contributed by atoms with E-state index < -0.39 is 7.92 Å². The molecule has 0 atom stereocenters. The molecule has 0 bridgehead atoms. The lowest BCUT2D eigenvalue weighted by atomic mass is 10.1. The number of rotatable bonds is 4. The summed E-state index contributed by atoms with van der Waals surface area (Å²) in [5, 5.41) is 3.90. The lowest BCUT2D eigenvalue weighted by molar-refractivity contribution is 0.628. The van der Waals surface area contributed by atoms with E-state index >= 15 is 0 Å². The van der Waals surface area contributed by atoms with Crippen molar-refractivity contribution in [3.8, 4) is 11.1 Å². The number of hydrogen-bond donors (Lipinski definition) is 0. The van der Waals surface area contributed by atoms with E-state index in [9.17, 15) is 4.39 Å². The van der Waals surface area contributed by atoms with Gasteiger partial charge in [0.15, 0.2) is 0 Å². The zero-order chi connectivity index (χ0) is 17.8. The van der Waals surface area contributed by atoms with Gasteiger partial charge in [-0.1, -0.05) is 97.1 Å². The second-order valence-corrected chi connectivity index (χ2v) is 8.22. The van der Waals surface area contributed by atoms with Gasteiger partial charge < -0.3 is 0 Å². The van der Waals surface area contributed by atoms with Gasteiger partial charge in [0, 0.05) is 0 Å². The molecule has 0 radical (unpaired) electrons. The second-order valence-electron chi connectivity index (χ2n) is 6.03. The van der Waals surface area contributed by atoms with Gasteiger partial charge in [0.2, 0.25) is 0 Å². The highest BCUT2D eigenvalue weighted by atomic mass is 31.1. The Morgan fingerprint density at radius 2 is 1.00 bits per heavy atom. The Bertz CT molecular complexity index is 940. The summed E-state index contributed by atoms with van der Waals surface area (Å²) in [5.74, 6) is -0.209. The molecule has 0 nitrogen and oxygen atoms in total. The Labute approximate surface area is 154 Å². The zero-order valence-corrected chi connectivity index (χ0v) is 15.1. The normalized spacial score (nSPS) is 10.8. The van der Waals surface area contributed by atoms with Crippen LogP contribution in [0.1, 0.15) is 0 Å². The summed E-state index contributed by atoms with van der Waals surface area (Å²) in [7, 11) is -0.692. The molecule has 0 spiro atoms. The zero-order valence-electron chi connectivity index (χ0n) is 14.2. The van der Waals surface area contributed by atoms with Gasteiger partial charge in [0.05, 0.1) is 0 Å². The third-order valence-corrected chi connectivity index (χ3v) is 6.83. The monoisotopic (exact) mass is 356 g/mol. The fourth-order valence-corrected chi connectivity index (χ4v) is 5.60. The Morgan fingerprint density at radius 1 is 0.500 bits per heavy atom. The summed E-state index contributed by atoms with van der Waals surface area (Å²) in [4.78, 5) is 0. The molecule has 2 heteroatoms. The van der Waals surface area contributed by atoms with Crippen LogP contribution in [-0.4, -0.2) is 0 Å². The van der Waals surface area contributed by atoms with Crippen molar-refractivity contribution in [2.45, 2.75) is 0 Å². The molecule has 0 heterocycles. The van der Waals surface area contributed by atoms with Gasteiger partial charge in [-0.15, -0.1) is 0 Å². The van der Waals surface area contributed by atoms with Crippen LogP contribution in [0.2, 0.25) is 0 Å². The number of halogens is 1. The topological polar surface area (TPSA) is 0 Å². The average molecular weight is 356 g/mol. The smallest absolute Gasteiger partial charge is 0.123 e. The number of hydrogen-bond acceptors (Lipinski definition) is 0. The summed E-state index contributed by atoms with van der Waals surface area (Å²) >= 11 is 0. The van der Waals surface area contributed by atoms with Crippen molar-refractivity contribution in [3.05, 3.63) is 115 Å². The largest absolute Gasteiger partial charge is 0.207 e. The van der Waals surface area contributed by atoms with E-state index in [0.29, 0.717) is 0 Å². The highest BCUT2D eigenvalue weighted by Crippen LogP contribution is 2.36. The van der Waals surface area contributed by atoms with Crippen molar-refractivity contribution in [2.24, 2.45) is 0 Å². The van der Waals surface area contributed by atoms with Crippen LogP contribution in [0.4, 0.5) is 4.39 Å². The summed E-state index contributed by atoms with van der Waals surface area (Å²) < 4.78 is 13.4. The van der Waals surface area contributed by atoms with Gasteiger partial charge in [-0.25, -0.2) is 4.39 Å². The maximum Gasteiger partial charge on any atom is 0.123 e. The third-order valence-electron chi connectivity index (χ3n) is 4.33. The Hall–Kier alpha value is -2.76. The quantitative estimate of drug-likeness (QED) is 0.438. The molecule has 4 aromatic carbocycles. The van der Waals surface area contributed by atoms with Gasteiger partial charge in [0.1, 0.15) is 5.82 Å². The molecule has 0 saturated heterocycles. The van der Waals surface area contributed by atoms with Crippen molar-refractivity contribution < 1.29 is 4.39 Å². The summed E-state index contributed by atoms with van der Waals surface area (Å²) in [6, 6.07) is 36.5. The fraction of sp³-hybridized carbons (Fsp3) is 0. The first-order valence-electron chi connectivity index (χ1n) is 8.58. The predicted octanol–water partition coefficient (Wildman–Crippen LogP) is 5.25. The van der Waals surface area contributed by atoms with Crippen molar-refractivity contribution in [1.29, 1.82) is 0 Å². The molecule has 126 valence electrons. The van der Waals surface area contributed by atoms with Crippen LogP contribution in [0.25, 0.3) is 11.1 Å².